The molecule has 0 spiro atoms. The molecule has 0 amide bonds. The van der Waals surface area contributed by atoms with Crippen LogP contribution in [0.2, 0.25) is 0 Å². The number of carbonyl (C=O) groups excluding carboxylic acids is 1. The summed E-state index contributed by atoms with van der Waals surface area (Å²) in [5.41, 5.74) is -0.403. The lowest BCUT2D eigenvalue weighted by atomic mass is 10.2. The summed E-state index contributed by atoms with van der Waals surface area (Å²) in [7, 11) is 1.21. The first-order chi connectivity index (χ1) is 6.06. The smallest absolute Gasteiger partial charge is 0.255 e. The van der Waals surface area contributed by atoms with E-state index in [-0.39, 0.29) is 5.75 Å². The van der Waals surface area contributed by atoms with Crippen LogP contribution in [0.15, 0.2) is 12.1 Å². The van der Waals surface area contributed by atoms with Crippen LogP contribution in [0.4, 0.5) is 8.78 Å². The zero-order valence-corrected chi connectivity index (χ0v) is 7.36. The number of rotatable bonds is 2. The van der Waals surface area contributed by atoms with Gasteiger partial charge in [0.15, 0.2) is 11.6 Å². The minimum atomic E-state index is -1.00. The zero-order valence-electron chi connectivity index (χ0n) is 6.61. The number of methoxy groups -OCH3 is 1. The lowest BCUT2D eigenvalue weighted by Gasteiger charge is -2.03. The molecule has 70 valence electrons. The normalized spacial score (nSPS) is 9.85. The van der Waals surface area contributed by atoms with Gasteiger partial charge in [-0.1, -0.05) is 0 Å². The van der Waals surface area contributed by atoms with Crippen LogP contribution >= 0.6 is 11.6 Å². The highest BCUT2D eigenvalue weighted by molar-refractivity contribution is 6.67. The second-order valence-corrected chi connectivity index (χ2v) is 2.58. The molecule has 0 aliphatic carbocycles. The van der Waals surface area contributed by atoms with Gasteiger partial charge >= 0.3 is 0 Å². The molecule has 1 rings (SSSR count). The third-order valence-corrected chi connectivity index (χ3v) is 1.66. The van der Waals surface area contributed by atoms with Crippen LogP contribution in [0.5, 0.6) is 5.75 Å². The van der Waals surface area contributed by atoms with Gasteiger partial charge in [0.2, 0.25) is 0 Å². The Kier molecular flexibility index (Phi) is 2.83. The summed E-state index contributed by atoms with van der Waals surface area (Å²) in [5, 5.41) is -0.990. The predicted molar refractivity (Wildman–Crippen MR) is 43.1 cm³/mol. The summed E-state index contributed by atoms with van der Waals surface area (Å²) < 4.78 is 30.1. The molecule has 0 aliphatic heterocycles. The van der Waals surface area contributed by atoms with Gasteiger partial charge in [0, 0.05) is 6.07 Å². The maximum atomic E-state index is 12.8. The van der Waals surface area contributed by atoms with Gasteiger partial charge in [-0.3, -0.25) is 4.79 Å². The summed E-state index contributed by atoms with van der Waals surface area (Å²) >= 11 is 5.03. The van der Waals surface area contributed by atoms with Crippen molar-refractivity contribution in [3.05, 3.63) is 29.3 Å². The van der Waals surface area contributed by atoms with Crippen molar-refractivity contribution in [1.29, 1.82) is 0 Å². The number of ether oxygens (including phenoxy) is 1. The topological polar surface area (TPSA) is 26.3 Å². The van der Waals surface area contributed by atoms with Crippen LogP contribution in [0.1, 0.15) is 10.4 Å². The Morgan fingerprint density at radius 1 is 1.38 bits per heavy atom. The first-order valence-electron chi connectivity index (χ1n) is 3.29. The van der Waals surface area contributed by atoms with Gasteiger partial charge in [0.25, 0.3) is 5.24 Å². The first kappa shape index (κ1) is 9.92. The molecule has 0 aliphatic rings. The van der Waals surface area contributed by atoms with E-state index in [1.807, 2.05) is 0 Å². The fourth-order valence-corrected chi connectivity index (χ4v) is 0.981. The number of carbonyl (C=O) groups is 1. The Hall–Kier alpha value is -1.16. The van der Waals surface area contributed by atoms with E-state index in [0.29, 0.717) is 6.07 Å². The Labute approximate surface area is 78.1 Å². The van der Waals surface area contributed by atoms with Crippen LogP contribution in [0.3, 0.4) is 0 Å². The summed E-state index contributed by atoms with van der Waals surface area (Å²) in [6, 6.07) is 1.47. The molecule has 1 aromatic rings. The maximum Gasteiger partial charge on any atom is 0.255 e. The molecule has 0 N–H and O–H groups in total. The standard InChI is InChI=1S/C8H5ClF2O2/c1-13-7-2-4(8(9)12)5(10)3-6(7)11/h2-3H,1H3. The summed E-state index contributed by atoms with van der Waals surface area (Å²) in [4.78, 5) is 10.6. The molecule has 0 fully saturated rings. The fraction of sp³-hybridized carbons (Fsp3) is 0.125. The third kappa shape index (κ3) is 1.95. The molecule has 1 aromatic carbocycles. The van der Waals surface area contributed by atoms with E-state index in [9.17, 15) is 13.6 Å². The first-order valence-corrected chi connectivity index (χ1v) is 3.67. The SMILES string of the molecule is COc1cc(C(=O)Cl)c(F)cc1F. The zero-order chi connectivity index (χ0) is 10.0. The molecule has 0 aromatic heterocycles. The molecule has 13 heavy (non-hydrogen) atoms. The number of hydrogen-bond donors (Lipinski definition) is 0. The Morgan fingerprint density at radius 2 is 2.00 bits per heavy atom. The fourth-order valence-electron chi connectivity index (χ4n) is 0.836. The minimum Gasteiger partial charge on any atom is -0.494 e. The summed E-state index contributed by atoms with van der Waals surface area (Å²) in [6.07, 6.45) is 0. The largest absolute Gasteiger partial charge is 0.494 e. The molecule has 0 unspecified atom stereocenters. The molecule has 2 nitrogen and oxygen atoms in total. The molecule has 0 saturated heterocycles. The van der Waals surface area contributed by atoms with Crippen LogP contribution in [0, 0.1) is 11.6 Å². The van der Waals surface area contributed by atoms with E-state index in [1.165, 1.54) is 7.11 Å². The highest BCUT2D eigenvalue weighted by atomic mass is 35.5. The van der Waals surface area contributed by atoms with Crippen LogP contribution in [0.25, 0.3) is 0 Å². The quantitative estimate of drug-likeness (QED) is 0.695. The number of halogens is 3. The lowest BCUT2D eigenvalue weighted by Crippen LogP contribution is -1.98. The van der Waals surface area contributed by atoms with E-state index >= 15 is 0 Å². The van der Waals surface area contributed by atoms with E-state index in [4.69, 9.17) is 11.6 Å². The number of benzene rings is 1. The second-order valence-electron chi connectivity index (χ2n) is 2.24. The van der Waals surface area contributed by atoms with Gasteiger partial charge in [0.1, 0.15) is 5.82 Å². The van der Waals surface area contributed by atoms with Gasteiger partial charge in [-0.25, -0.2) is 8.78 Å². The maximum absolute atomic E-state index is 12.8. The Morgan fingerprint density at radius 3 is 2.46 bits per heavy atom. The Bertz CT molecular complexity index is 352. The van der Waals surface area contributed by atoms with Crippen LogP contribution in [-0.2, 0) is 0 Å². The van der Waals surface area contributed by atoms with Crippen molar-refractivity contribution < 1.29 is 18.3 Å². The molecule has 0 atom stereocenters. The van der Waals surface area contributed by atoms with Crippen molar-refractivity contribution in [2.45, 2.75) is 0 Å². The molecule has 0 heterocycles. The molecular weight excluding hydrogens is 202 g/mol. The van der Waals surface area contributed by atoms with Crippen molar-refractivity contribution in [2.75, 3.05) is 7.11 Å². The van der Waals surface area contributed by atoms with E-state index < -0.39 is 22.4 Å². The van der Waals surface area contributed by atoms with Gasteiger partial charge < -0.3 is 4.74 Å². The number of hydrogen-bond acceptors (Lipinski definition) is 2. The highest BCUT2D eigenvalue weighted by Gasteiger charge is 2.14. The predicted octanol–water partition coefficient (Wildman–Crippen LogP) is 2.35. The average Bonchev–Trinajstić information content (AvgIpc) is 2.03. The molecular formula is C8H5ClF2O2. The van der Waals surface area contributed by atoms with Crippen LogP contribution in [-0.4, -0.2) is 12.4 Å². The van der Waals surface area contributed by atoms with Gasteiger partial charge in [-0.2, -0.15) is 0 Å². The van der Waals surface area contributed by atoms with E-state index in [1.54, 1.807) is 0 Å². The lowest BCUT2D eigenvalue weighted by molar-refractivity contribution is 0.107. The van der Waals surface area contributed by atoms with Crippen molar-refractivity contribution in [3.8, 4) is 5.75 Å². The van der Waals surface area contributed by atoms with Gasteiger partial charge in [-0.15, -0.1) is 0 Å². The monoisotopic (exact) mass is 206 g/mol. The van der Waals surface area contributed by atoms with Crippen LogP contribution < -0.4 is 4.74 Å². The van der Waals surface area contributed by atoms with Crippen molar-refractivity contribution in [3.63, 3.8) is 0 Å². The minimum absolute atomic E-state index is 0.217. The van der Waals surface area contributed by atoms with Gasteiger partial charge in [-0.05, 0) is 17.7 Å². The van der Waals surface area contributed by atoms with Crippen molar-refractivity contribution >= 4 is 16.8 Å². The molecule has 5 heteroatoms. The molecule has 0 bridgehead atoms. The average molecular weight is 207 g/mol. The van der Waals surface area contributed by atoms with Gasteiger partial charge in [0.05, 0.1) is 12.7 Å². The summed E-state index contributed by atoms with van der Waals surface area (Å²) in [6.45, 7) is 0. The van der Waals surface area contributed by atoms with E-state index in [0.717, 1.165) is 6.07 Å². The van der Waals surface area contributed by atoms with Crippen molar-refractivity contribution in [1.82, 2.24) is 0 Å². The summed E-state index contributed by atoms with van der Waals surface area (Å²) in [5.74, 6) is -2.09. The van der Waals surface area contributed by atoms with E-state index in [2.05, 4.69) is 4.74 Å². The highest BCUT2D eigenvalue weighted by Crippen LogP contribution is 2.22. The van der Waals surface area contributed by atoms with Crippen molar-refractivity contribution in [2.24, 2.45) is 0 Å². The second kappa shape index (κ2) is 3.70. The Balaban J connectivity index is 3.30. The third-order valence-electron chi connectivity index (χ3n) is 1.45. The molecule has 0 radical (unpaired) electrons. The molecule has 0 saturated carbocycles.